The molecule has 3 heteroatoms. The van der Waals surface area contributed by atoms with Crippen LogP contribution < -0.4 is 5.32 Å². The van der Waals surface area contributed by atoms with Crippen molar-refractivity contribution in [2.45, 2.75) is 64.6 Å². The van der Waals surface area contributed by atoms with Crippen molar-refractivity contribution in [3.05, 3.63) is 0 Å². The Morgan fingerprint density at radius 2 is 2.00 bits per heavy atom. The fourth-order valence-corrected chi connectivity index (χ4v) is 2.05. The number of hydrogen-bond acceptors (Lipinski definition) is 3. The highest BCUT2D eigenvalue weighted by atomic mass is 16.3. The van der Waals surface area contributed by atoms with Gasteiger partial charge >= 0.3 is 0 Å². The van der Waals surface area contributed by atoms with Crippen LogP contribution in [0.2, 0.25) is 0 Å². The number of hydrogen-bond donors (Lipinski definition) is 2. The number of nitrogens with zero attached hydrogens (tertiary/aromatic N) is 1. The van der Waals surface area contributed by atoms with E-state index in [1.165, 1.54) is 25.8 Å². The summed E-state index contributed by atoms with van der Waals surface area (Å²) in [5, 5.41) is 12.8. The lowest BCUT2D eigenvalue weighted by Crippen LogP contribution is -2.40. The van der Waals surface area contributed by atoms with E-state index in [4.69, 9.17) is 0 Å². The Balaban J connectivity index is 2.21. The molecule has 0 heterocycles. The highest BCUT2D eigenvalue weighted by Crippen LogP contribution is 2.20. The van der Waals surface area contributed by atoms with Gasteiger partial charge in [-0.05, 0) is 52.6 Å². The van der Waals surface area contributed by atoms with Crippen LogP contribution in [0.15, 0.2) is 0 Å². The van der Waals surface area contributed by atoms with E-state index in [0.29, 0.717) is 18.1 Å². The van der Waals surface area contributed by atoms with Gasteiger partial charge < -0.3 is 15.3 Å². The predicted octanol–water partition coefficient (Wildman–Crippen LogP) is 1.61. The van der Waals surface area contributed by atoms with E-state index in [-0.39, 0.29) is 6.61 Å². The zero-order valence-electron chi connectivity index (χ0n) is 11.1. The summed E-state index contributed by atoms with van der Waals surface area (Å²) in [4.78, 5) is 2.50. The summed E-state index contributed by atoms with van der Waals surface area (Å²) in [6.07, 6.45) is 4.85. The van der Waals surface area contributed by atoms with Crippen LogP contribution in [0.4, 0.5) is 0 Å². The topological polar surface area (TPSA) is 35.5 Å². The van der Waals surface area contributed by atoms with Gasteiger partial charge in [-0.2, -0.15) is 0 Å². The SMILES string of the molecule is CCCN(CCC(CO)NC1CC1)C(C)C. The summed E-state index contributed by atoms with van der Waals surface area (Å²) in [5.74, 6) is 0. The van der Waals surface area contributed by atoms with Crippen molar-refractivity contribution in [2.24, 2.45) is 0 Å². The summed E-state index contributed by atoms with van der Waals surface area (Å²) >= 11 is 0. The maximum absolute atomic E-state index is 9.30. The minimum atomic E-state index is 0.272. The lowest BCUT2D eigenvalue weighted by Gasteiger charge is -2.28. The molecule has 1 unspecified atom stereocenters. The van der Waals surface area contributed by atoms with Crippen molar-refractivity contribution in [1.82, 2.24) is 10.2 Å². The smallest absolute Gasteiger partial charge is 0.0585 e. The van der Waals surface area contributed by atoms with Crippen LogP contribution in [0.25, 0.3) is 0 Å². The Kier molecular flexibility index (Phi) is 6.32. The Morgan fingerprint density at radius 3 is 2.44 bits per heavy atom. The van der Waals surface area contributed by atoms with E-state index in [2.05, 4.69) is 31.0 Å². The van der Waals surface area contributed by atoms with Crippen molar-refractivity contribution in [2.75, 3.05) is 19.7 Å². The monoisotopic (exact) mass is 228 g/mol. The lowest BCUT2D eigenvalue weighted by atomic mass is 10.2. The number of nitrogens with one attached hydrogen (secondary N) is 1. The zero-order chi connectivity index (χ0) is 12.0. The molecule has 0 aromatic rings. The first-order valence-electron chi connectivity index (χ1n) is 6.78. The Bertz CT molecular complexity index is 181. The number of aliphatic hydroxyl groups excluding tert-OH is 1. The second kappa shape index (κ2) is 7.25. The van der Waals surface area contributed by atoms with E-state index < -0.39 is 0 Å². The second-order valence-electron chi connectivity index (χ2n) is 5.24. The second-order valence-corrected chi connectivity index (χ2v) is 5.24. The van der Waals surface area contributed by atoms with Crippen LogP contribution in [-0.2, 0) is 0 Å². The van der Waals surface area contributed by atoms with Crippen molar-refractivity contribution < 1.29 is 5.11 Å². The maximum Gasteiger partial charge on any atom is 0.0585 e. The highest BCUT2D eigenvalue weighted by Gasteiger charge is 2.24. The summed E-state index contributed by atoms with van der Waals surface area (Å²) in [7, 11) is 0. The molecular weight excluding hydrogens is 200 g/mol. The molecule has 1 aliphatic rings. The van der Waals surface area contributed by atoms with Gasteiger partial charge in [0.1, 0.15) is 0 Å². The molecule has 0 amide bonds. The van der Waals surface area contributed by atoms with Crippen molar-refractivity contribution >= 4 is 0 Å². The van der Waals surface area contributed by atoms with E-state index >= 15 is 0 Å². The summed E-state index contributed by atoms with van der Waals surface area (Å²) in [6, 6.07) is 1.60. The molecule has 0 aromatic heterocycles. The number of rotatable bonds is 9. The standard InChI is InChI=1S/C13H28N2O/c1-4-8-15(11(2)3)9-7-13(10-16)14-12-5-6-12/h11-14,16H,4-10H2,1-3H3. The van der Waals surface area contributed by atoms with Crippen molar-refractivity contribution in [3.63, 3.8) is 0 Å². The van der Waals surface area contributed by atoms with Crippen molar-refractivity contribution in [1.29, 1.82) is 0 Å². The van der Waals surface area contributed by atoms with Crippen LogP contribution in [0, 0.1) is 0 Å². The summed E-state index contributed by atoms with van der Waals surface area (Å²) < 4.78 is 0. The van der Waals surface area contributed by atoms with Gasteiger partial charge in [-0.1, -0.05) is 6.92 Å². The van der Waals surface area contributed by atoms with Crippen LogP contribution >= 0.6 is 0 Å². The van der Waals surface area contributed by atoms with Gasteiger partial charge in [0.05, 0.1) is 6.61 Å². The van der Waals surface area contributed by atoms with E-state index in [0.717, 1.165) is 13.0 Å². The molecule has 1 atom stereocenters. The molecule has 1 aliphatic carbocycles. The average molecular weight is 228 g/mol. The Labute approximate surface area is 100 Å². The first kappa shape index (κ1) is 13.9. The molecule has 16 heavy (non-hydrogen) atoms. The van der Waals surface area contributed by atoms with E-state index in [9.17, 15) is 5.11 Å². The van der Waals surface area contributed by atoms with Gasteiger partial charge in [0.2, 0.25) is 0 Å². The van der Waals surface area contributed by atoms with E-state index in [1.54, 1.807) is 0 Å². The minimum absolute atomic E-state index is 0.272. The fourth-order valence-electron chi connectivity index (χ4n) is 2.05. The first-order chi connectivity index (χ1) is 7.67. The molecule has 3 nitrogen and oxygen atoms in total. The molecule has 2 N–H and O–H groups in total. The first-order valence-corrected chi connectivity index (χ1v) is 6.78. The highest BCUT2D eigenvalue weighted by molar-refractivity contribution is 4.85. The zero-order valence-corrected chi connectivity index (χ0v) is 11.1. The van der Waals surface area contributed by atoms with Crippen molar-refractivity contribution in [3.8, 4) is 0 Å². The van der Waals surface area contributed by atoms with Gasteiger partial charge in [-0.15, -0.1) is 0 Å². The molecule has 0 bridgehead atoms. The van der Waals surface area contributed by atoms with Gasteiger partial charge in [0, 0.05) is 18.1 Å². The van der Waals surface area contributed by atoms with Crippen LogP contribution in [0.3, 0.4) is 0 Å². The predicted molar refractivity (Wildman–Crippen MR) is 68.6 cm³/mol. The third-order valence-corrected chi connectivity index (χ3v) is 3.28. The molecule has 1 fully saturated rings. The molecule has 96 valence electrons. The maximum atomic E-state index is 9.30. The Hall–Kier alpha value is -0.120. The molecule has 0 saturated heterocycles. The average Bonchev–Trinajstić information content (AvgIpc) is 3.05. The molecule has 1 rings (SSSR count). The molecule has 1 saturated carbocycles. The molecule has 0 radical (unpaired) electrons. The van der Waals surface area contributed by atoms with Gasteiger partial charge in [-0.3, -0.25) is 0 Å². The van der Waals surface area contributed by atoms with Gasteiger partial charge in [-0.25, -0.2) is 0 Å². The summed E-state index contributed by atoms with van der Waals surface area (Å²) in [6.45, 7) is 9.25. The van der Waals surface area contributed by atoms with E-state index in [1.807, 2.05) is 0 Å². The van der Waals surface area contributed by atoms with Crippen LogP contribution in [0.1, 0.15) is 46.5 Å². The molecule has 0 spiro atoms. The third kappa shape index (κ3) is 5.28. The fraction of sp³-hybridized carbons (Fsp3) is 1.00. The molecule has 0 aliphatic heterocycles. The summed E-state index contributed by atoms with van der Waals surface area (Å²) in [5.41, 5.74) is 0. The molecular formula is C13H28N2O. The number of aliphatic hydroxyl groups is 1. The van der Waals surface area contributed by atoms with Gasteiger partial charge in [0.15, 0.2) is 0 Å². The minimum Gasteiger partial charge on any atom is -0.395 e. The quantitative estimate of drug-likeness (QED) is 0.629. The van der Waals surface area contributed by atoms with Crippen LogP contribution in [0.5, 0.6) is 0 Å². The lowest BCUT2D eigenvalue weighted by molar-refractivity contribution is 0.182. The molecule has 0 aromatic carbocycles. The largest absolute Gasteiger partial charge is 0.395 e. The van der Waals surface area contributed by atoms with Gasteiger partial charge in [0.25, 0.3) is 0 Å². The third-order valence-electron chi connectivity index (χ3n) is 3.28. The Morgan fingerprint density at radius 1 is 1.31 bits per heavy atom. The normalized spacial score (nSPS) is 18.4. The van der Waals surface area contributed by atoms with Crippen LogP contribution in [-0.4, -0.2) is 47.8 Å².